The molecule has 1 aliphatic carbocycles. The van der Waals surface area contributed by atoms with Crippen molar-refractivity contribution in [2.24, 2.45) is 11.8 Å². The standard InChI is InChI=1S/C24H24N6O3/c25-24-26-6-4-19(29-24)16-10-28-22(15-5-7-33-21(15)16)27-9-13-2-1-3-14(8-13)23(31)30-20-17-11-32-12-18(17)20/h1-4,6,8,10,17-18,20H,5,7,9,11-12H2,(H,27,28)(H,30,31)(H2,25,26,29)/t17-,18+,20-. The third kappa shape index (κ3) is 3.74. The van der Waals surface area contributed by atoms with Crippen molar-refractivity contribution in [1.82, 2.24) is 20.3 Å². The van der Waals surface area contributed by atoms with Crippen molar-refractivity contribution < 1.29 is 14.3 Å². The Morgan fingerprint density at radius 1 is 1.18 bits per heavy atom. The number of hydrogen-bond acceptors (Lipinski definition) is 8. The summed E-state index contributed by atoms with van der Waals surface area (Å²) < 4.78 is 11.3. The van der Waals surface area contributed by atoms with Gasteiger partial charge in [-0.15, -0.1) is 0 Å². The quantitative estimate of drug-likeness (QED) is 0.528. The van der Waals surface area contributed by atoms with Crippen LogP contribution in [0, 0.1) is 11.8 Å². The van der Waals surface area contributed by atoms with Crippen LogP contribution in [0.4, 0.5) is 11.8 Å². The number of nitrogens with two attached hydrogens (primary N) is 1. The summed E-state index contributed by atoms with van der Waals surface area (Å²) in [5.74, 6) is 2.69. The van der Waals surface area contributed by atoms with Gasteiger partial charge in [-0.1, -0.05) is 12.1 Å². The van der Waals surface area contributed by atoms with Crippen molar-refractivity contribution in [2.45, 2.75) is 19.0 Å². The number of rotatable bonds is 6. The van der Waals surface area contributed by atoms with E-state index in [2.05, 4.69) is 25.6 Å². The van der Waals surface area contributed by atoms with E-state index in [0.29, 0.717) is 36.2 Å². The first kappa shape index (κ1) is 19.9. The van der Waals surface area contributed by atoms with Gasteiger partial charge in [-0.2, -0.15) is 0 Å². The maximum absolute atomic E-state index is 12.7. The summed E-state index contributed by atoms with van der Waals surface area (Å²) in [5.41, 5.74) is 9.91. The second kappa shape index (κ2) is 8.00. The van der Waals surface area contributed by atoms with E-state index in [0.717, 1.165) is 47.9 Å². The predicted molar refractivity (Wildman–Crippen MR) is 122 cm³/mol. The topological polar surface area (TPSA) is 124 Å². The lowest BCUT2D eigenvalue weighted by molar-refractivity contribution is 0.0929. The van der Waals surface area contributed by atoms with Crippen molar-refractivity contribution in [3.63, 3.8) is 0 Å². The molecule has 168 valence electrons. The molecule has 3 aliphatic rings. The number of carbonyl (C=O) groups is 1. The Labute approximate surface area is 190 Å². The van der Waals surface area contributed by atoms with Crippen molar-refractivity contribution in [2.75, 3.05) is 30.9 Å². The lowest BCUT2D eigenvalue weighted by atomic mass is 10.1. The van der Waals surface area contributed by atoms with E-state index in [-0.39, 0.29) is 17.9 Å². The number of ether oxygens (including phenoxy) is 2. The van der Waals surface area contributed by atoms with Crippen LogP contribution in [0.1, 0.15) is 21.5 Å². The van der Waals surface area contributed by atoms with Crippen LogP contribution in [0.3, 0.4) is 0 Å². The third-order valence-corrected chi connectivity index (χ3v) is 6.58. The normalized spacial score (nSPS) is 22.2. The molecule has 4 heterocycles. The van der Waals surface area contributed by atoms with Crippen molar-refractivity contribution in [3.05, 3.63) is 59.4 Å². The molecule has 9 nitrogen and oxygen atoms in total. The minimum absolute atomic E-state index is 0.0304. The Morgan fingerprint density at radius 3 is 2.91 bits per heavy atom. The highest BCUT2D eigenvalue weighted by molar-refractivity contribution is 5.94. The fourth-order valence-corrected chi connectivity index (χ4v) is 4.74. The first-order chi connectivity index (χ1) is 16.2. The average Bonchev–Trinajstić information content (AvgIpc) is 3.22. The maximum atomic E-state index is 12.7. The van der Waals surface area contributed by atoms with Gasteiger partial charge in [-0.3, -0.25) is 4.79 Å². The molecule has 0 unspecified atom stereocenters. The second-order valence-corrected chi connectivity index (χ2v) is 8.65. The zero-order valence-electron chi connectivity index (χ0n) is 18.0. The van der Waals surface area contributed by atoms with Crippen molar-refractivity contribution in [1.29, 1.82) is 0 Å². The molecule has 2 fully saturated rings. The minimum Gasteiger partial charge on any atom is -0.492 e. The molecule has 0 bridgehead atoms. The fraction of sp³-hybridized carbons (Fsp3) is 0.333. The lowest BCUT2D eigenvalue weighted by Gasteiger charge is -2.13. The number of aromatic nitrogens is 3. The summed E-state index contributed by atoms with van der Waals surface area (Å²) in [6.45, 7) is 2.64. The summed E-state index contributed by atoms with van der Waals surface area (Å²) in [5, 5.41) is 6.55. The number of anilines is 2. The van der Waals surface area contributed by atoms with Gasteiger partial charge in [-0.25, -0.2) is 15.0 Å². The van der Waals surface area contributed by atoms with Gasteiger partial charge in [0.15, 0.2) is 0 Å². The predicted octanol–water partition coefficient (Wildman–Crippen LogP) is 2.04. The number of fused-ring (bicyclic) bond motifs is 2. The molecular weight excluding hydrogens is 420 g/mol. The molecule has 1 aromatic carbocycles. The molecule has 2 aromatic heterocycles. The highest BCUT2D eigenvalue weighted by Crippen LogP contribution is 2.44. The molecule has 1 saturated carbocycles. The van der Waals surface area contributed by atoms with Gasteiger partial charge in [0.1, 0.15) is 11.6 Å². The number of nitrogens with zero attached hydrogens (tertiary/aromatic N) is 3. The first-order valence-electron chi connectivity index (χ1n) is 11.1. The summed E-state index contributed by atoms with van der Waals surface area (Å²) in [6.07, 6.45) is 4.13. The maximum Gasteiger partial charge on any atom is 0.251 e. The summed E-state index contributed by atoms with van der Waals surface area (Å²) >= 11 is 0. The number of pyridine rings is 1. The second-order valence-electron chi connectivity index (χ2n) is 8.65. The van der Waals surface area contributed by atoms with E-state index in [1.807, 2.05) is 24.3 Å². The molecule has 1 amide bonds. The van der Waals surface area contributed by atoms with Crippen LogP contribution in [-0.2, 0) is 17.7 Å². The number of nitrogen functional groups attached to an aromatic ring is 1. The van der Waals surface area contributed by atoms with Crippen molar-refractivity contribution >= 4 is 17.7 Å². The Bertz CT molecular complexity index is 1220. The summed E-state index contributed by atoms with van der Waals surface area (Å²) in [4.78, 5) is 25.6. The van der Waals surface area contributed by atoms with E-state index < -0.39 is 0 Å². The zero-order chi connectivity index (χ0) is 22.4. The number of amides is 1. The van der Waals surface area contributed by atoms with Crippen LogP contribution in [-0.4, -0.2) is 46.7 Å². The molecular formula is C24H24N6O3. The van der Waals surface area contributed by atoms with Crippen molar-refractivity contribution in [3.8, 4) is 17.0 Å². The minimum atomic E-state index is -0.0304. The van der Waals surface area contributed by atoms with Crippen LogP contribution in [0.2, 0.25) is 0 Å². The van der Waals surface area contributed by atoms with Gasteiger partial charge in [0.25, 0.3) is 5.91 Å². The van der Waals surface area contributed by atoms with Gasteiger partial charge in [-0.05, 0) is 23.8 Å². The van der Waals surface area contributed by atoms with Crippen LogP contribution in [0.15, 0.2) is 42.7 Å². The molecule has 6 rings (SSSR count). The van der Waals surface area contributed by atoms with Gasteiger partial charge >= 0.3 is 0 Å². The van der Waals surface area contributed by atoms with E-state index >= 15 is 0 Å². The summed E-state index contributed by atoms with van der Waals surface area (Å²) in [6, 6.07) is 9.72. The average molecular weight is 444 g/mol. The molecule has 3 aromatic rings. The summed E-state index contributed by atoms with van der Waals surface area (Å²) in [7, 11) is 0. The highest BCUT2D eigenvalue weighted by atomic mass is 16.5. The van der Waals surface area contributed by atoms with Gasteiger partial charge in [0.2, 0.25) is 5.95 Å². The van der Waals surface area contributed by atoms with E-state index in [4.69, 9.17) is 15.2 Å². The molecule has 4 N–H and O–H groups in total. The highest BCUT2D eigenvalue weighted by Gasteiger charge is 2.54. The SMILES string of the molecule is Nc1nccc(-c2cnc(NCc3cccc(C(=O)N[C@@H]4[C@@H]5COC[C@@H]54)c3)c3c2OCC3)n1. The van der Waals surface area contributed by atoms with Gasteiger partial charge in [0.05, 0.1) is 31.1 Å². The van der Waals surface area contributed by atoms with E-state index in [1.165, 1.54) is 0 Å². The largest absolute Gasteiger partial charge is 0.492 e. The van der Waals surface area contributed by atoms with E-state index in [1.54, 1.807) is 18.5 Å². The molecule has 3 atom stereocenters. The van der Waals surface area contributed by atoms with Gasteiger partial charge in [0, 0.05) is 54.4 Å². The third-order valence-electron chi connectivity index (χ3n) is 6.58. The molecule has 0 radical (unpaired) electrons. The Kier molecular flexibility index (Phi) is 4.83. The smallest absolute Gasteiger partial charge is 0.251 e. The zero-order valence-corrected chi connectivity index (χ0v) is 18.0. The Balaban J connectivity index is 1.16. The molecule has 1 saturated heterocycles. The molecule has 2 aliphatic heterocycles. The monoisotopic (exact) mass is 444 g/mol. The van der Waals surface area contributed by atoms with Gasteiger partial charge < -0.3 is 25.8 Å². The number of carbonyl (C=O) groups excluding carboxylic acids is 1. The van der Waals surface area contributed by atoms with Crippen LogP contribution < -0.4 is 21.1 Å². The fourth-order valence-electron chi connectivity index (χ4n) is 4.74. The van der Waals surface area contributed by atoms with Crippen LogP contribution in [0.5, 0.6) is 5.75 Å². The van der Waals surface area contributed by atoms with Crippen LogP contribution in [0.25, 0.3) is 11.3 Å². The Hall–Kier alpha value is -3.72. The molecule has 33 heavy (non-hydrogen) atoms. The number of benzene rings is 1. The lowest BCUT2D eigenvalue weighted by Crippen LogP contribution is -2.29. The molecule has 9 heteroatoms. The number of nitrogens with one attached hydrogen (secondary N) is 2. The first-order valence-corrected chi connectivity index (χ1v) is 11.1. The van der Waals surface area contributed by atoms with E-state index in [9.17, 15) is 4.79 Å². The van der Waals surface area contributed by atoms with Crippen LogP contribution >= 0.6 is 0 Å². The Morgan fingerprint density at radius 2 is 2.06 bits per heavy atom. The number of hydrogen-bond donors (Lipinski definition) is 3. The molecule has 0 spiro atoms.